The summed E-state index contributed by atoms with van der Waals surface area (Å²) in [4.78, 5) is 4.22. The van der Waals surface area contributed by atoms with Gasteiger partial charge in [-0.3, -0.25) is 0 Å². The van der Waals surface area contributed by atoms with Gasteiger partial charge in [-0.2, -0.15) is 0 Å². The van der Waals surface area contributed by atoms with Gasteiger partial charge < -0.3 is 15.6 Å². The van der Waals surface area contributed by atoms with Crippen molar-refractivity contribution in [1.82, 2.24) is 14.9 Å². The average molecular weight is 236 g/mol. The van der Waals surface area contributed by atoms with Crippen LogP contribution in [0.5, 0.6) is 0 Å². The summed E-state index contributed by atoms with van der Waals surface area (Å²) in [6.07, 6.45) is 10.5. The van der Waals surface area contributed by atoms with Gasteiger partial charge in [0.1, 0.15) is 0 Å². The Morgan fingerprint density at radius 3 is 2.88 bits per heavy atom. The van der Waals surface area contributed by atoms with Gasteiger partial charge in [-0.15, -0.1) is 0 Å². The van der Waals surface area contributed by atoms with Gasteiger partial charge in [-0.25, -0.2) is 4.98 Å². The Morgan fingerprint density at radius 1 is 1.47 bits per heavy atom. The molecule has 2 rings (SSSR count). The van der Waals surface area contributed by atoms with Crippen LogP contribution in [-0.4, -0.2) is 22.1 Å². The lowest BCUT2D eigenvalue weighted by molar-refractivity contribution is 0.334. The van der Waals surface area contributed by atoms with E-state index in [0.29, 0.717) is 12.6 Å². The summed E-state index contributed by atoms with van der Waals surface area (Å²) < 4.78 is 2.17. The summed E-state index contributed by atoms with van der Waals surface area (Å²) >= 11 is 0. The third kappa shape index (κ3) is 3.07. The minimum atomic E-state index is 0.251. The second kappa shape index (κ2) is 6.17. The van der Waals surface area contributed by atoms with Crippen LogP contribution in [0, 0.1) is 0 Å². The number of hydrogen-bond donors (Lipinski definition) is 2. The third-order valence-corrected chi connectivity index (χ3v) is 3.72. The van der Waals surface area contributed by atoms with Gasteiger partial charge >= 0.3 is 0 Å². The standard InChI is InChI=1S/C13H24N4/c1-2-17-10-15-9-13(17)12(8-14)16-11-6-4-3-5-7-11/h9-12,16H,2-8,14H2,1H3. The molecule has 1 atom stereocenters. The molecule has 0 aliphatic heterocycles. The number of aryl methyl sites for hydroxylation is 1. The monoisotopic (exact) mass is 236 g/mol. The van der Waals surface area contributed by atoms with E-state index in [1.54, 1.807) is 0 Å². The van der Waals surface area contributed by atoms with Crippen molar-refractivity contribution in [3.8, 4) is 0 Å². The largest absolute Gasteiger partial charge is 0.333 e. The Hall–Kier alpha value is -0.870. The second-order valence-electron chi connectivity index (χ2n) is 4.89. The molecule has 3 N–H and O–H groups in total. The first-order valence-corrected chi connectivity index (χ1v) is 6.81. The summed E-state index contributed by atoms with van der Waals surface area (Å²) in [5.41, 5.74) is 7.12. The van der Waals surface area contributed by atoms with Crippen LogP contribution in [0.1, 0.15) is 50.8 Å². The van der Waals surface area contributed by atoms with E-state index in [1.807, 2.05) is 12.5 Å². The first kappa shape index (κ1) is 12.6. The summed E-state index contributed by atoms with van der Waals surface area (Å²) in [5.74, 6) is 0. The normalized spacial score (nSPS) is 19.4. The van der Waals surface area contributed by atoms with Crippen LogP contribution < -0.4 is 11.1 Å². The van der Waals surface area contributed by atoms with Crippen molar-refractivity contribution in [3.05, 3.63) is 18.2 Å². The van der Waals surface area contributed by atoms with Crippen molar-refractivity contribution in [2.45, 2.75) is 57.7 Å². The molecule has 1 heterocycles. The number of nitrogens with zero attached hydrogens (tertiary/aromatic N) is 2. The molecule has 4 heteroatoms. The van der Waals surface area contributed by atoms with Gasteiger partial charge in [-0.05, 0) is 19.8 Å². The van der Waals surface area contributed by atoms with E-state index in [9.17, 15) is 0 Å². The van der Waals surface area contributed by atoms with E-state index in [2.05, 4.69) is 21.8 Å². The highest BCUT2D eigenvalue weighted by atomic mass is 15.1. The highest BCUT2D eigenvalue weighted by Crippen LogP contribution is 2.21. The molecular weight excluding hydrogens is 212 g/mol. The quantitative estimate of drug-likeness (QED) is 0.820. The van der Waals surface area contributed by atoms with Crippen molar-refractivity contribution in [2.24, 2.45) is 5.73 Å². The topological polar surface area (TPSA) is 55.9 Å². The zero-order valence-electron chi connectivity index (χ0n) is 10.7. The highest BCUT2D eigenvalue weighted by Gasteiger charge is 2.20. The molecule has 1 saturated carbocycles. The molecule has 4 nitrogen and oxygen atoms in total. The molecule has 0 aromatic carbocycles. The minimum absolute atomic E-state index is 0.251. The minimum Gasteiger partial charge on any atom is -0.333 e. The van der Waals surface area contributed by atoms with E-state index >= 15 is 0 Å². The predicted molar refractivity (Wildman–Crippen MR) is 69.7 cm³/mol. The van der Waals surface area contributed by atoms with Crippen LogP contribution in [0.3, 0.4) is 0 Å². The van der Waals surface area contributed by atoms with Crippen LogP contribution in [0.2, 0.25) is 0 Å². The van der Waals surface area contributed by atoms with Crippen LogP contribution in [0.15, 0.2) is 12.5 Å². The molecule has 1 unspecified atom stereocenters. The Balaban J connectivity index is 2.00. The molecule has 1 aliphatic rings. The van der Waals surface area contributed by atoms with Gasteiger partial charge in [0.15, 0.2) is 0 Å². The molecule has 1 aromatic heterocycles. The summed E-state index contributed by atoms with van der Waals surface area (Å²) in [7, 11) is 0. The van der Waals surface area contributed by atoms with E-state index in [1.165, 1.54) is 37.8 Å². The van der Waals surface area contributed by atoms with E-state index in [-0.39, 0.29) is 6.04 Å². The number of rotatable bonds is 5. The molecule has 1 aliphatic carbocycles. The van der Waals surface area contributed by atoms with Gasteiger partial charge in [0.2, 0.25) is 0 Å². The molecule has 0 bridgehead atoms. The molecule has 1 fully saturated rings. The number of hydrogen-bond acceptors (Lipinski definition) is 3. The van der Waals surface area contributed by atoms with Crippen molar-refractivity contribution in [2.75, 3.05) is 6.54 Å². The van der Waals surface area contributed by atoms with Crippen LogP contribution >= 0.6 is 0 Å². The van der Waals surface area contributed by atoms with Gasteiger partial charge in [-0.1, -0.05) is 19.3 Å². The molecule has 1 aromatic rings. The third-order valence-electron chi connectivity index (χ3n) is 3.72. The fourth-order valence-electron chi connectivity index (χ4n) is 2.71. The number of imidazole rings is 1. The SMILES string of the molecule is CCn1cncc1C(CN)NC1CCCCC1. The maximum atomic E-state index is 5.90. The molecule has 96 valence electrons. The Labute approximate surface area is 104 Å². The predicted octanol–water partition coefficient (Wildman–Crippen LogP) is 1.83. The Bertz CT molecular complexity index is 328. The molecular formula is C13H24N4. The van der Waals surface area contributed by atoms with Crippen molar-refractivity contribution in [1.29, 1.82) is 0 Å². The summed E-state index contributed by atoms with van der Waals surface area (Å²) in [5, 5.41) is 3.70. The smallest absolute Gasteiger partial charge is 0.0948 e. The lowest BCUT2D eigenvalue weighted by atomic mass is 9.94. The fraction of sp³-hybridized carbons (Fsp3) is 0.769. The number of aromatic nitrogens is 2. The molecule has 0 amide bonds. The van der Waals surface area contributed by atoms with Crippen LogP contribution in [0.25, 0.3) is 0 Å². The molecule has 0 spiro atoms. The second-order valence-corrected chi connectivity index (χ2v) is 4.89. The van der Waals surface area contributed by atoms with Crippen LogP contribution in [0.4, 0.5) is 0 Å². The van der Waals surface area contributed by atoms with Crippen molar-refractivity contribution in [3.63, 3.8) is 0 Å². The van der Waals surface area contributed by atoms with Gasteiger partial charge in [0.05, 0.1) is 18.1 Å². The van der Waals surface area contributed by atoms with Crippen molar-refractivity contribution < 1.29 is 0 Å². The fourth-order valence-corrected chi connectivity index (χ4v) is 2.71. The Morgan fingerprint density at radius 2 is 2.24 bits per heavy atom. The lowest BCUT2D eigenvalue weighted by Gasteiger charge is -2.28. The highest BCUT2D eigenvalue weighted by molar-refractivity contribution is 5.06. The van der Waals surface area contributed by atoms with E-state index in [4.69, 9.17) is 5.73 Å². The van der Waals surface area contributed by atoms with Gasteiger partial charge in [0, 0.05) is 25.3 Å². The maximum Gasteiger partial charge on any atom is 0.0948 e. The van der Waals surface area contributed by atoms with Crippen molar-refractivity contribution >= 4 is 0 Å². The average Bonchev–Trinajstić information content (AvgIpc) is 2.85. The first-order chi connectivity index (χ1) is 8.35. The molecule has 17 heavy (non-hydrogen) atoms. The molecule has 0 radical (unpaired) electrons. The van der Waals surface area contributed by atoms with Crippen LogP contribution in [-0.2, 0) is 6.54 Å². The zero-order valence-corrected chi connectivity index (χ0v) is 10.7. The zero-order chi connectivity index (χ0) is 12.1. The van der Waals surface area contributed by atoms with E-state index in [0.717, 1.165) is 6.54 Å². The number of nitrogens with one attached hydrogen (secondary N) is 1. The molecule has 0 saturated heterocycles. The maximum absolute atomic E-state index is 5.90. The van der Waals surface area contributed by atoms with Gasteiger partial charge in [0.25, 0.3) is 0 Å². The number of nitrogens with two attached hydrogens (primary N) is 1. The lowest BCUT2D eigenvalue weighted by Crippen LogP contribution is -2.38. The van der Waals surface area contributed by atoms with E-state index < -0.39 is 0 Å². The first-order valence-electron chi connectivity index (χ1n) is 6.81. The summed E-state index contributed by atoms with van der Waals surface area (Å²) in [6.45, 7) is 3.74. The summed E-state index contributed by atoms with van der Waals surface area (Å²) in [6, 6.07) is 0.887. The Kier molecular flexibility index (Phi) is 4.57.